The number of hydrogen-bond acceptors (Lipinski definition) is 3. The summed E-state index contributed by atoms with van der Waals surface area (Å²) in [5.74, 6) is 0. The van der Waals surface area contributed by atoms with Crippen LogP contribution in [0.1, 0.15) is 13.3 Å². The van der Waals surface area contributed by atoms with E-state index in [0.717, 1.165) is 26.2 Å². The number of hydrogen-bond donors (Lipinski definition) is 2. The molecule has 12 heavy (non-hydrogen) atoms. The van der Waals surface area contributed by atoms with E-state index in [2.05, 4.69) is 22.5 Å². The van der Waals surface area contributed by atoms with Crippen molar-refractivity contribution in [2.45, 2.75) is 13.3 Å². The molecule has 0 amide bonds. The van der Waals surface area contributed by atoms with Crippen LogP contribution >= 0.6 is 0 Å². The molecule has 1 heterocycles. The van der Waals surface area contributed by atoms with Crippen LogP contribution < -0.4 is 10.6 Å². The topological polar surface area (TPSA) is 27.3 Å². The van der Waals surface area contributed by atoms with Crippen LogP contribution in [0.5, 0.6) is 0 Å². The fraction of sp³-hybridized carbons (Fsp3) is 1.00. The van der Waals surface area contributed by atoms with Gasteiger partial charge >= 0.3 is 0 Å². The van der Waals surface area contributed by atoms with Gasteiger partial charge in [0.05, 0.1) is 0 Å². The highest BCUT2D eigenvalue weighted by Crippen LogP contribution is 1.89. The number of rotatable bonds is 5. The van der Waals surface area contributed by atoms with E-state index in [9.17, 15) is 0 Å². The highest BCUT2D eigenvalue weighted by molar-refractivity contribution is 4.67. The summed E-state index contributed by atoms with van der Waals surface area (Å²) in [5, 5.41) is 6.77. The van der Waals surface area contributed by atoms with E-state index in [1.165, 1.54) is 26.1 Å². The van der Waals surface area contributed by atoms with Crippen LogP contribution in [0.25, 0.3) is 0 Å². The summed E-state index contributed by atoms with van der Waals surface area (Å²) in [4.78, 5) is 2.51. The molecule has 3 nitrogen and oxygen atoms in total. The van der Waals surface area contributed by atoms with Crippen LogP contribution in [0.4, 0.5) is 0 Å². The molecule has 1 aliphatic rings. The van der Waals surface area contributed by atoms with E-state index >= 15 is 0 Å². The maximum Gasteiger partial charge on any atom is 0.0108 e. The van der Waals surface area contributed by atoms with Crippen LogP contribution in [0.2, 0.25) is 0 Å². The van der Waals surface area contributed by atoms with Gasteiger partial charge in [-0.1, -0.05) is 6.92 Å². The highest BCUT2D eigenvalue weighted by Gasteiger charge is 2.07. The molecule has 0 aliphatic carbocycles. The van der Waals surface area contributed by atoms with Gasteiger partial charge in [0.15, 0.2) is 0 Å². The molecule has 0 unspecified atom stereocenters. The Kier molecular flexibility index (Phi) is 5.32. The van der Waals surface area contributed by atoms with Gasteiger partial charge < -0.3 is 10.6 Å². The highest BCUT2D eigenvalue weighted by atomic mass is 15.2. The van der Waals surface area contributed by atoms with Crippen molar-refractivity contribution in [2.75, 3.05) is 45.8 Å². The van der Waals surface area contributed by atoms with Gasteiger partial charge in [-0.2, -0.15) is 0 Å². The lowest BCUT2D eigenvalue weighted by Crippen LogP contribution is -2.45. The Morgan fingerprint density at radius 2 is 2.00 bits per heavy atom. The largest absolute Gasteiger partial charge is 0.315 e. The summed E-state index contributed by atoms with van der Waals surface area (Å²) in [6.07, 6.45) is 1.24. The monoisotopic (exact) mass is 171 g/mol. The number of nitrogens with one attached hydrogen (secondary N) is 2. The van der Waals surface area contributed by atoms with Crippen molar-refractivity contribution in [3.63, 3.8) is 0 Å². The fourth-order valence-corrected chi connectivity index (χ4v) is 1.47. The van der Waals surface area contributed by atoms with E-state index in [1.807, 2.05) is 0 Å². The van der Waals surface area contributed by atoms with Crippen LogP contribution in [-0.2, 0) is 0 Å². The molecular weight excluding hydrogens is 150 g/mol. The second kappa shape index (κ2) is 6.40. The van der Waals surface area contributed by atoms with E-state index in [-0.39, 0.29) is 0 Å². The molecule has 0 bridgehead atoms. The van der Waals surface area contributed by atoms with E-state index in [4.69, 9.17) is 0 Å². The normalized spacial score (nSPS) is 19.8. The summed E-state index contributed by atoms with van der Waals surface area (Å²) < 4.78 is 0. The molecule has 0 aromatic rings. The second-order valence-corrected chi connectivity index (χ2v) is 3.34. The zero-order valence-corrected chi connectivity index (χ0v) is 8.10. The predicted molar refractivity (Wildman–Crippen MR) is 52.5 cm³/mol. The van der Waals surface area contributed by atoms with E-state index < -0.39 is 0 Å². The van der Waals surface area contributed by atoms with Crippen molar-refractivity contribution < 1.29 is 0 Å². The molecule has 1 saturated heterocycles. The quantitative estimate of drug-likeness (QED) is 0.565. The smallest absolute Gasteiger partial charge is 0.0108 e. The van der Waals surface area contributed by atoms with Gasteiger partial charge in [-0.15, -0.1) is 0 Å². The summed E-state index contributed by atoms with van der Waals surface area (Å²) in [6, 6.07) is 0. The Morgan fingerprint density at radius 3 is 2.67 bits per heavy atom. The number of nitrogens with zero attached hydrogens (tertiary/aromatic N) is 1. The SMILES string of the molecule is CCCNCCN1CCNCC1. The molecule has 72 valence electrons. The van der Waals surface area contributed by atoms with E-state index in [1.54, 1.807) is 0 Å². The van der Waals surface area contributed by atoms with Crippen molar-refractivity contribution in [1.82, 2.24) is 15.5 Å². The van der Waals surface area contributed by atoms with Gasteiger partial charge in [-0.05, 0) is 13.0 Å². The van der Waals surface area contributed by atoms with Gasteiger partial charge in [-0.25, -0.2) is 0 Å². The molecule has 0 atom stereocenters. The molecule has 1 aliphatic heterocycles. The summed E-state index contributed by atoms with van der Waals surface area (Å²) in [7, 11) is 0. The Hall–Kier alpha value is -0.120. The standard InChI is InChI=1S/C9H21N3/c1-2-3-10-4-7-12-8-5-11-6-9-12/h10-11H,2-9H2,1H3. The lowest BCUT2D eigenvalue weighted by molar-refractivity contribution is 0.241. The lowest BCUT2D eigenvalue weighted by atomic mass is 10.3. The molecule has 0 spiro atoms. The van der Waals surface area contributed by atoms with Crippen molar-refractivity contribution in [3.8, 4) is 0 Å². The van der Waals surface area contributed by atoms with Crippen molar-refractivity contribution >= 4 is 0 Å². The van der Waals surface area contributed by atoms with Gasteiger partial charge in [0, 0.05) is 39.3 Å². The zero-order valence-electron chi connectivity index (χ0n) is 8.10. The van der Waals surface area contributed by atoms with Crippen molar-refractivity contribution in [2.24, 2.45) is 0 Å². The maximum absolute atomic E-state index is 3.42. The fourth-order valence-electron chi connectivity index (χ4n) is 1.47. The maximum atomic E-state index is 3.42. The Bertz CT molecular complexity index is 99.9. The van der Waals surface area contributed by atoms with Crippen molar-refractivity contribution in [3.05, 3.63) is 0 Å². The molecule has 1 rings (SSSR count). The third-order valence-electron chi connectivity index (χ3n) is 2.24. The first-order chi connectivity index (χ1) is 5.93. The van der Waals surface area contributed by atoms with Gasteiger partial charge in [-0.3, -0.25) is 4.90 Å². The van der Waals surface area contributed by atoms with Gasteiger partial charge in [0.1, 0.15) is 0 Å². The second-order valence-electron chi connectivity index (χ2n) is 3.34. The van der Waals surface area contributed by atoms with Crippen LogP contribution in [0.15, 0.2) is 0 Å². The minimum Gasteiger partial charge on any atom is -0.315 e. The molecule has 0 radical (unpaired) electrons. The lowest BCUT2D eigenvalue weighted by Gasteiger charge is -2.27. The van der Waals surface area contributed by atoms with Gasteiger partial charge in [0.25, 0.3) is 0 Å². The molecule has 3 heteroatoms. The average Bonchev–Trinajstić information content (AvgIpc) is 2.14. The Labute approximate surface area is 75.5 Å². The molecule has 1 fully saturated rings. The molecular formula is C9H21N3. The van der Waals surface area contributed by atoms with E-state index in [0.29, 0.717) is 0 Å². The Morgan fingerprint density at radius 1 is 1.25 bits per heavy atom. The first-order valence-corrected chi connectivity index (χ1v) is 5.07. The molecule has 0 aromatic heterocycles. The third kappa shape index (κ3) is 4.04. The molecule has 0 saturated carbocycles. The summed E-state index contributed by atoms with van der Waals surface area (Å²) in [5.41, 5.74) is 0. The first-order valence-electron chi connectivity index (χ1n) is 5.07. The first kappa shape index (κ1) is 9.96. The zero-order chi connectivity index (χ0) is 8.65. The molecule has 0 aromatic carbocycles. The summed E-state index contributed by atoms with van der Waals surface area (Å²) in [6.45, 7) is 10.5. The molecule has 2 N–H and O–H groups in total. The average molecular weight is 171 g/mol. The van der Waals surface area contributed by atoms with Crippen LogP contribution in [-0.4, -0.2) is 50.7 Å². The Balaban J connectivity index is 1.91. The van der Waals surface area contributed by atoms with Crippen LogP contribution in [0, 0.1) is 0 Å². The van der Waals surface area contributed by atoms with Crippen LogP contribution in [0.3, 0.4) is 0 Å². The van der Waals surface area contributed by atoms with Gasteiger partial charge in [0.2, 0.25) is 0 Å². The van der Waals surface area contributed by atoms with Crippen molar-refractivity contribution in [1.29, 1.82) is 0 Å². The number of piperazine rings is 1. The minimum absolute atomic E-state index is 1.15. The third-order valence-corrected chi connectivity index (χ3v) is 2.24. The predicted octanol–water partition coefficient (Wildman–Crippen LogP) is -0.109. The minimum atomic E-state index is 1.15. The summed E-state index contributed by atoms with van der Waals surface area (Å²) >= 11 is 0.